The molecule has 0 saturated carbocycles. The number of ether oxygens (including phenoxy) is 2. The van der Waals surface area contributed by atoms with Crippen LogP contribution in [-0.2, 0) is 21.0 Å². The first-order chi connectivity index (χ1) is 20.7. The molecule has 0 bridgehead atoms. The number of carbonyl (C=O) groups is 3. The summed E-state index contributed by atoms with van der Waals surface area (Å²) in [6, 6.07) is 24.1. The van der Waals surface area contributed by atoms with Gasteiger partial charge in [-0.15, -0.1) is 11.6 Å². The van der Waals surface area contributed by atoms with E-state index in [2.05, 4.69) is 10.6 Å². The summed E-state index contributed by atoms with van der Waals surface area (Å²) in [5.41, 5.74) is 9.54. The van der Waals surface area contributed by atoms with Crippen LogP contribution in [0.15, 0.2) is 84.9 Å². The lowest BCUT2D eigenvalue weighted by molar-refractivity contribution is -0.117. The molecule has 218 valence electrons. The summed E-state index contributed by atoms with van der Waals surface area (Å²) in [7, 11) is 0. The number of alkyl halides is 1. The molecule has 2 amide bonds. The van der Waals surface area contributed by atoms with Crippen LogP contribution in [0.2, 0.25) is 0 Å². The molecule has 4 aromatic rings. The van der Waals surface area contributed by atoms with Gasteiger partial charge in [-0.2, -0.15) is 0 Å². The van der Waals surface area contributed by atoms with Crippen LogP contribution in [0.5, 0.6) is 11.5 Å². The summed E-state index contributed by atoms with van der Waals surface area (Å²) in [6.45, 7) is 4.01. The van der Waals surface area contributed by atoms with Crippen LogP contribution in [0.1, 0.15) is 63.2 Å². The van der Waals surface area contributed by atoms with Crippen LogP contribution in [-0.4, -0.2) is 23.8 Å². The number of amides is 2. The Kier molecular flexibility index (Phi) is 7.42. The van der Waals surface area contributed by atoms with Crippen molar-refractivity contribution in [3.05, 3.63) is 118 Å². The zero-order valence-electron chi connectivity index (χ0n) is 23.6. The molecule has 2 atom stereocenters. The molecule has 1 spiro atoms. The van der Waals surface area contributed by atoms with Crippen LogP contribution in [0, 0.1) is 5.92 Å². The van der Waals surface area contributed by atoms with Crippen molar-refractivity contribution in [2.24, 2.45) is 11.7 Å². The van der Waals surface area contributed by atoms with E-state index in [1.807, 2.05) is 26.0 Å². The maximum Gasteiger partial charge on any atom is 0.340 e. The van der Waals surface area contributed by atoms with E-state index in [1.165, 1.54) is 0 Å². The Labute approximate surface area is 254 Å². The van der Waals surface area contributed by atoms with Gasteiger partial charge in [0.25, 0.3) is 5.91 Å². The van der Waals surface area contributed by atoms with Crippen LogP contribution >= 0.6 is 11.6 Å². The Balaban J connectivity index is 1.39. The Morgan fingerprint density at radius 2 is 1.49 bits per heavy atom. The first-order valence-electron chi connectivity index (χ1n) is 14.0. The van der Waals surface area contributed by atoms with E-state index in [0.717, 1.165) is 5.56 Å². The highest BCUT2D eigenvalue weighted by Crippen LogP contribution is 2.56. The topological polar surface area (TPSA) is 120 Å². The highest BCUT2D eigenvalue weighted by Gasteiger charge is 2.53. The molecule has 2 aliphatic rings. The van der Waals surface area contributed by atoms with E-state index in [9.17, 15) is 14.4 Å². The number of rotatable bonds is 7. The van der Waals surface area contributed by atoms with E-state index in [4.69, 9.17) is 26.8 Å². The summed E-state index contributed by atoms with van der Waals surface area (Å²) in [5.74, 6) is 0.357. The highest BCUT2D eigenvalue weighted by atomic mass is 35.5. The predicted molar refractivity (Wildman–Crippen MR) is 165 cm³/mol. The molecular formula is C34H30ClN3O5. The largest absolute Gasteiger partial charge is 0.456 e. The minimum Gasteiger partial charge on any atom is -0.456 e. The third kappa shape index (κ3) is 5.13. The van der Waals surface area contributed by atoms with Gasteiger partial charge in [0.05, 0.1) is 11.6 Å². The van der Waals surface area contributed by atoms with E-state index < -0.39 is 17.6 Å². The molecule has 0 saturated heterocycles. The van der Waals surface area contributed by atoms with Crippen LogP contribution in [0.4, 0.5) is 11.4 Å². The summed E-state index contributed by atoms with van der Waals surface area (Å²) < 4.78 is 12.6. The molecule has 8 nitrogen and oxygen atoms in total. The first-order valence-corrected chi connectivity index (χ1v) is 14.6. The van der Waals surface area contributed by atoms with Gasteiger partial charge in [0.2, 0.25) is 5.91 Å². The Morgan fingerprint density at radius 3 is 2.12 bits per heavy atom. The molecule has 2 unspecified atom stereocenters. The number of esters is 1. The molecule has 0 radical (unpaired) electrons. The molecule has 6 rings (SSSR count). The molecular weight excluding hydrogens is 566 g/mol. The van der Waals surface area contributed by atoms with E-state index in [0.29, 0.717) is 63.0 Å². The maximum absolute atomic E-state index is 13.1. The average molecular weight is 596 g/mol. The number of fused-ring (bicyclic) bond motifs is 6. The minimum atomic E-state index is -1.28. The molecule has 2 aliphatic heterocycles. The van der Waals surface area contributed by atoms with Crippen LogP contribution in [0.3, 0.4) is 0 Å². The SMILES string of the molecule is CC(C)CC(N)C(=O)Nc1ccc2c(c1)Oc1cc(NC(=O)c3ccc(CCl)cc3)ccc1C21OC(=O)c2ccccc21. The number of anilines is 2. The fraction of sp³-hybridized carbons (Fsp3) is 0.206. The zero-order chi connectivity index (χ0) is 30.3. The fourth-order valence-electron chi connectivity index (χ4n) is 5.63. The third-order valence-electron chi connectivity index (χ3n) is 7.67. The summed E-state index contributed by atoms with van der Waals surface area (Å²) in [4.78, 5) is 38.9. The molecule has 0 fully saturated rings. The van der Waals surface area contributed by atoms with Gasteiger partial charge in [0, 0.05) is 51.6 Å². The van der Waals surface area contributed by atoms with Crippen molar-refractivity contribution in [1.82, 2.24) is 0 Å². The number of nitrogens with one attached hydrogen (secondary N) is 2. The van der Waals surface area contributed by atoms with Gasteiger partial charge in [-0.25, -0.2) is 4.79 Å². The van der Waals surface area contributed by atoms with Crippen molar-refractivity contribution in [1.29, 1.82) is 0 Å². The van der Waals surface area contributed by atoms with Crippen molar-refractivity contribution in [3.8, 4) is 11.5 Å². The van der Waals surface area contributed by atoms with E-state index in [-0.39, 0.29) is 17.7 Å². The van der Waals surface area contributed by atoms with Gasteiger partial charge in [0.1, 0.15) is 11.5 Å². The summed E-state index contributed by atoms with van der Waals surface area (Å²) >= 11 is 5.88. The average Bonchev–Trinajstić information content (AvgIpc) is 3.29. The Bertz CT molecular complexity index is 1750. The Morgan fingerprint density at radius 1 is 0.860 bits per heavy atom. The quantitative estimate of drug-likeness (QED) is 0.164. The second-order valence-electron chi connectivity index (χ2n) is 11.2. The van der Waals surface area contributed by atoms with Crippen molar-refractivity contribution in [2.45, 2.75) is 37.8 Å². The molecule has 43 heavy (non-hydrogen) atoms. The molecule has 0 aliphatic carbocycles. The number of hydrogen-bond acceptors (Lipinski definition) is 6. The second kappa shape index (κ2) is 11.2. The normalized spacial score (nSPS) is 16.9. The highest BCUT2D eigenvalue weighted by molar-refractivity contribution is 6.17. The molecule has 9 heteroatoms. The lowest BCUT2D eigenvalue weighted by atomic mass is 9.77. The number of carbonyl (C=O) groups excluding carboxylic acids is 3. The van der Waals surface area contributed by atoms with Crippen molar-refractivity contribution in [2.75, 3.05) is 10.6 Å². The third-order valence-corrected chi connectivity index (χ3v) is 7.98. The molecule has 4 N–H and O–H groups in total. The number of benzene rings is 4. The number of nitrogens with two attached hydrogens (primary N) is 1. The second-order valence-corrected chi connectivity index (χ2v) is 11.4. The fourth-order valence-corrected chi connectivity index (χ4v) is 5.81. The first kappa shape index (κ1) is 28.5. The maximum atomic E-state index is 13.1. The summed E-state index contributed by atoms with van der Waals surface area (Å²) in [6.07, 6.45) is 0.543. The van der Waals surface area contributed by atoms with Crippen LogP contribution < -0.4 is 21.1 Å². The van der Waals surface area contributed by atoms with Crippen molar-refractivity contribution in [3.63, 3.8) is 0 Å². The summed E-state index contributed by atoms with van der Waals surface area (Å²) in [5, 5.41) is 5.79. The van der Waals surface area contributed by atoms with Crippen LogP contribution in [0.25, 0.3) is 0 Å². The van der Waals surface area contributed by atoms with Gasteiger partial charge < -0.3 is 25.8 Å². The van der Waals surface area contributed by atoms with E-state index in [1.54, 1.807) is 72.8 Å². The monoisotopic (exact) mass is 595 g/mol. The van der Waals surface area contributed by atoms with Gasteiger partial charge in [0.15, 0.2) is 5.60 Å². The smallest absolute Gasteiger partial charge is 0.340 e. The number of halogens is 1. The van der Waals surface area contributed by atoms with Gasteiger partial charge in [-0.05, 0) is 60.4 Å². The van der Waals surface area contributed by atoms with Gasteiger partial charge in [-0.1, -0.05) is 44.2 Å². The lowest BCUT2D eigenvalue weighted by Crippen LogP contribution is -2.37. The number of hydrogen-bond donors (Lipinski definition) is 3. The minimum absolute atomic E-state index is 0.265. The zero-order valence-corrected chi connectivity index (χ0v) is 24.4. The van der Waals surface area contributed by atoms with Crippen molar-refractivity contribution >= 4 is 40.8 Å². The van der Waals surface area contributed by atoms with Gasteiger partial charge >= 0.3 is 5.97 Å². The lowest BCUT2D eigenvalue weighted by Gasteiger charge is -2.37. The molecule has 4 aromatic carbocycles. The predicted octanol–water partition coefficient (Wildman–Crippen LogP) is 6.56. The Hall–Kier alpha value is -4.66. The molecule has 2 heterocycles. The molecule has 0 aromatic heterocycles. The van der Waals surface area contributed by atoms with Gasteiger partial charge in [-0.3, -0.25) is 9.59 Å². The van der Waals surface area contributed by atoms with E-state index >= 15 is 0 Å². The standard InChI is InChI=1S/C34H30ClN3O5/c1-19(2)15-28(36)32(40)38-23-12-14-27-30(17-23)42-29-16-22(37-31(39)21-9-7-20(18-35)8-10-21)11-13-26(29)34(27)25-6-4-3-5-24(25)33(41)43-34/h3-14,16-17,19,28H,15,18,36H2,1-2H3,(H,37,39)(H,38,40). The van der Waals surface area contributed by atoms with Crippen molar-refractivity contribution < 1.29 is 23.9 Å².